The zero-order valence-corrected chi connectivity index (χ0v) is 12.8. The molecule has 1 atom stereocenters. The van der Waals surface area contributed by atoms with E-state index in [1.54, 1.807) is 0 Å². The Hall–Kier alpha value is -0.680. The number of aryl methyl sites for hydroxylation is 2. The van der Waals surface area contributed by atoms with E-state index in [2.05, 4.69) is 47.6 Å². The molecule has 0 amide bonds. The minimum atomic E-state index is 0.334. The minimum Gasteiger partial charge on any atom is -0.289 e. The second-order valence-electron chi connectivity index (χ2n) is 5.24. The van der Waals surface area contributed by atoms with Crippen LogP contribution in [0.3, 0.4) is 0 Å². The molecule has 0 radical (unpaired) electrons. The van der Waals surface area contributed by atoms with Gasteiger partial charge in [-0.05, 0) is 70.6 Å². The van der Waals surface area contributed by atoms with Crippen molar-refractivity contribution < 1.29 is 4.79 Å². The molecule has 94 valence electrons. The van der Waals surface area contributed by atoms with Gasteiger partial charge in [0.05, 0.1) is 0 Å². The lowest BCUT2D eigenvalue weighted by atomic mass is 9.95. The van der Waals surface area contributed by atoms with E-state index in [1.807, 2.05) is 0 Å². The molecule has 0 heterocycles. The SMILES string of the molecule is Cc1cc(C)c(C)c(C(=O)PCC(C)C)c1C. The van der Waals surface area contributed by atoms with Crippen molar-refractivity contribution in [3.05, 3.63) is 33.9 Å². The van der Waals surface area contributed by atoms with Gasteiger partial charge < -0.3 is 0 Å². The largest absolute Gasteiger partial charge is 0.289 e. The molecule has 17 heavy (non-hydrogen) atoms. The van der Waals surface area contributed by atoms with Crippen LogP contribution in [0.5, 0.6) is 0 Å². The van der Waals surface area contributed by atoms with Crippen LogP contribution >= 0.6 is 8.58 Å². The fourth-order valence-electron chi connectivity index (χ4n) is 1.94. The molecule has 0 fully saturated rings. The molecule has 0 spiro atoms. The topological polar surface area (TPSA) is 17.1 Å². The standard InChI is InChI=1S/C15H23OP/c1-9(2)8-17-15(16)14-12(5)10(3)7-11(4)13(14)6/h7,9,17H,8H2,1-6H3. The average molecular weight is 250 g/mol. The first-order valence-electron chi connectivity index (χ1n) is 6.20. The summed E-state index contributed by atoms with van der Waals surface area (Å²) in [5.74, 6) is 0.601. The molecule has 1 rings (SSSR count). The van der Waals surface area contributed by atoms with Crippen molar-refractivity contribution in [2.75, 3.05) is 6.16 Å². The number of hydrogen-bond acceptors (Lipinski definition) is 1. The Labute approximate surface area is 107 Å². The Bertz CT molecular complexity index is 407. The van der Waals surface area contributed by atoms with Crippen LogP contribution in [0.4, 0.5) is 0 Å². The molecule has 0 N–H and O–H groups in total. The normalized spacial score (nSPS) is 11.7. The average Bonchev–Trinajstić information content (AvgIpc) is 2.24. The fraction of sp³-hybridized carbons (Fsp3) is 0.533. The first-order valence-corrected chi connectivity index (χ1v) is 7.41. The Morgan fingerprint density at radius 3 is 2.00 bits per heavy atom. The Kier molecular flexibility index (Phi) is 4.89. The summed E-state index contributed by atoms with van der Waals surface area (Å²) >= 11 is 0. The van der Waals surface area contributed by atoms with Gasteiger partial charge in [-0.25, -0.2) is 0 Å². The summed E-state index contributed by atoms with van der Waals surface area (Å²) in [7, 11) is 0.410. The maximum atomic E-state index is 12.3. The summed E-state index contributed by atoms with van der Waals surface area (Å²) in [6, 6.07) is 2.17. The highest BCUT2D eigenvalue weighted by molar-refractivity contribution is 7.58. The quantitative estimate of drug-likeness (QED) is 0.724. The van der Waals surface area contributed by atoms with Crippen LogP contribution in [-0.4, -0.2) is 11.7 Å². The van der Waals surface area contributed by atoms with Crippen LogP contribution < -0.4 is 0 Å². The molecular formula is C15H23OP. The Morgan fingerprint density at radius 2 is 1.59 bits per heavy atom. The summed E-state index contributed by atoms with van der Waals surface area (Å²) in [4.78, 5) is 12.3. The number of carbonyl (C=O) groups excluding carboxylic acids is 1. The molecule has 1 aromatic carbocycles. The van der Waals surface area contributed by atoms with Gasteiger partial charge in [0.1, 0.15) is 0 Å². The number of hydrogen-bond donors (Lipinski definition) is 0. The van der Waals surface area contributed by atoms with Crippen molar-refractivity contribution in [1.82, 2.24) is 0 Å². The summed E-state index contributed by atoms with van der Waals surface area (Å²) < 4.78 is 0. The highest BCUT2D eigenvalue weighted by Gasteiger charge is 2.15. The van der Waals surface area contributed by atoms with Gasteiger partial charge in [0.15, 0.2) is 5.52 Å². The molecule has 2 heteroatoms. The van der Waals surface area contributed by atoms with Crippen molar-refractivity contribution in [1.29, 1.82) is 0 Å². The molecule has 1 unspecified atom stereocenters. The Balaban J connectivity index is 3.08. The molecular weight excluding hydrogens is 227 g/mol. The fourth-order valence-corrected chi connectivity index (χ4v) is 3.09. The van der Waals surface area contributed by atoms with Gasteiger partial charge in [-0.15, -0.1) is 0 Å². The zero-order valence-electron chi connectivity index (χ0n) is 11.8. The summed E-state index contributed by atoms with van der Waals surface area (Å²) in [6.45, 7) is 12.6. The van der Waals surface area contributed by atoms with Gasteiger partial charge in [0.25, 0.3) is 0 Å². The second kappa shape index (κ2) is 5.78. The smallest absolute Gasteiger partial charge is 0.181 e. The zero-order chi connectivity index (χ0) is 13.2. The van der Waals surface area contributed by atoms with Crippen LogP contribution in [0, 0.1) is 33.6 Å². The van der Waals surface area contributed by atoms with Crippen molar-refractivity contribution in [2.45, 2.75) is 41.5 Å². The van der Waals surface area contributed by atoms with Gasteiger partial charge >= 0.3 is 0 Å². The summed E-state index contributed by atoms with van der Waals surface area (Å²) in [6.07, 6.45) is 1.00. The summed E-state index contributed by atoms with van der Waals surface area (Å²) in [5.41, 5.74) is 6.09. The third-order valence-electron chi connectivity index (χ3n) is 3.26. The molecule has 0 aliphatic rings. The first kappa shape index (κ1) is 14.4. The van der Waals surface area contributed by atoms with Crippen molar-refractivity contribution in [3.8, 4) is 0 Å². The minimum absolute atomic E-state index is 0.334. The first-order chi connectivity index (χ1) is 7.84. The molecule has 0 aliphatic heterocycles. The van der Waals surface area contributed by atoms with E-state index in [0.29, 0.717) is 20.0 Å². The third-order valence-corrected chi connectivity index (χ3v) is 4.86. The summed E-state index contributed by atoms with van der Waals surface area (Å²) in [5, 5.41) is 0. The predicted molar refractivity (Wildman–Crippen MR) is 77.7 cm³/mol. The number of rotatable bonds is 4. The monoisotopic (exact) mass is 250 g/mol. The lowest BCUT2D eigenvalue weighted by molar-refractivity contribution is 0.108. The van der Waals surface area contributed by atoms with Gasteiger partial charge in [0, 0.05) is 5.56 Å². The van der Waals surface area contributed by atoms with Crippen LogP contribution in [0.2, 0.25) is 0 Å². The molecule has 1 nitrogen and oxygen atoms in total. The van der Waals surface area contributed by atoms with Crippen molar-refractivity contribution in [2.24, 2.45) is 5.92 Å². The highest BCUT2D eigenvalue weighted by Crippen LogP contribution is 2.29. The van der Waals surface area contributed by atoms with Crippen LogP contribution in [0.25, 0.3) is 0 Å². The molecule has 0 aliphatic carbocycles. The van der Waals surface area contributed by atoms with Crippen LogP contribution in [-0.2, 0) is 0 Å². The third kappa shape index (κ3) is 3.39. The lowest BCUT2D eigenvalue weighted by Crippen LogP contribution is -2.05. The van der Waals surface area contributed by atoms with E-state index < -0.39 is 0 Å². The van der Waals surface area contributed by atoms with E-state index in [9.17, 15) is 4.79 Å². The number of benzene rings is 1. The molecule has 0 bridgehead atoms. The van der Waals surface area contributed by atoms with Gasteiger partial charge in [-0.3, -0.25) is 4.79 Å². The van der Waals surface area contributed by atoms with E-state index >= 15 is 0 Å². The maximum absolute atomic E-state index is 12.3. The molecule has 1 aromatic rings. The lowest BCUT2D eigenvalue weighted by Gasteiger charge is -2.14. The van der Waals surface area contributed by atoms with Crippen LogP contribution in [0.15, 0.2) is 6.07 Å². The molecule has 0 aromatic heterocycles. The predicted octanol–water partition coefficient (Wildman–Crippen LogP) is 4.39. The van der Waals surface area contributed by atoms with Gasteiger partial charge in [-0.1, -0.05) is 19.9 Å². The molecule has 0 saturated heterocycles. The van der Waals surface area contributed by atoms with Gasteiger partial charge in [0.2, 0.25) is 0 Å². The van der Waals surface area contributed by atoms with Crippen molar-refractivity contribution >= 4 is 14.1 Å². The Morgan fingerprint density at radius 1 is 1.12 bits per heavy atom. The van der Waals surface area contributed by atoms with E-state index in [0.717, 1.165) is 22.9 Å². The van der Waals surface area contributed by atoms with Crippen LogP contribution in [0.1, 0.15) is 46.5 Å². The second-order valence-corrected chi connectivity index (χ2v) is 6.46. The van der Waals surface area contributed by atoms with Gasteiger partial charge in [-0.2, -0.15) is 0 Å². The van der Waals surface area contributed by atoms with E-state index in [-0.39, 0.29) is 0 Å². The highest BCUT2D eigenvalue weighted by atomic mass is 31.1. The number of carbonyl (C=O) groups is 1. The van der Waals surface area contributed by atoms with E-state index in [4.69, 9.17) is 0 Å². The van der Waals surface area contributed by atoms with Crippen molar-refractivity contribution in [3.63, 3.8) is 0 Å². The maximum Gasteiger partial charge on any atom is 0.181 e. The van der Waals surface area contributed by atoms with E-state index in [1.165, 1.54) is 11.1 Å². The molecule has 0 saturated carbocycles.